The largest absolute Gasteiger partial charge is 0.424 e. The van der Waals surface area contributed by atoms with Gasteiger partial charge in [-0.05, 0) is 37.0 Å². The monoisotopic (exact) mass is 270 g/mol. The molecule has 1 N–H and O–H groups in total. The molecule has 18 heavy (non-hydrogen) atoms. The fourth-order valence-electron chi connectivity index (χ4n) is 1.89. The van der Waals surface area contributed by atoms with Crippen molar-refractivity contribution in [1.29, 1.82) is 0 Å². The summed E-state index contributed by atoms with van der Waals surface area (Å²) in [6, 6.07) is 5.66. The fraction of sp³-hybridized carbons (Fsp3) is 0.571. The van der Waals surface area contributed by atoms with E-state index in [0.29, 0.717) is 12.2 Å². The van der Waals surface area contributed by atoms with Gasteiger partial charge in [-0.2, -0.15) is 0 Å². The SMILES string of the molecule is CCCCP(=O)(O)Oc1cccc(C)c1CCC. The molecule has 1 aromatic rings. The maximum absolute atomic E-state index is 11.9. The molecule has 0 spiro atoms. The lowest BCUT2D eigenvalue weighted by Crippen LogP contribution is -2.01. The Labute approximate surface area is 110 Å². The summed E-state index contributed by atoms with van der Waals surface area (Å²) in [6.45, 7) is 6.09. The van der Waals surface area contributed by atoms with Gasteiger partial charge in [-0.15, -0.1) is 0 Å². The summed E-state index contributed by atoms with van der Waals surface area (Å²) in [4.78, 5) is 9.82. The Morgan fingerprint density at radius 3 is 2.61 bits per heavy atom. The number of hydrogen-bond donors (Lipinski definition) is 1. The van der Waals surface area contributed by atoms with Gasteiger partial charge >= 0.3 is 7.60 Å². The molecule has 0 amide bonds. The third-order valence-corrected chi connectivity index (χ3v) is 4.27. The van der Waals surface area contributed by atoms with Crippen molar-refractivity contribution in [2.45, 2.75) is 46.5 Å². The summed E-state index contributed by atoms with van der Waals surface area (Å²) in [6.07, 6.45) is 3.69. The number of rotatable bonds is 7. The van der Waals surface area contributed by atoms with Crippen LogP contribution in [0, 0.1) is 6.92 Å². The van der Waals surface area contributed by atoms with Gasteiger partial charge in [0.05, 0.1) is 6.16 Å². The van der Waals surface area contributed by atoms with Crippen LogP contribution >= 0.6 is 7.60 Å². The number of hydrogen-bond acceptors (Lipinski definition) is 2. The Bertz CT molecular complexity index is 429. The molecule has 1 aromatic carbocycles. The Kier molecular flexibility index (Phi) is 5.90. The Balaban J connectivity index is 2.89. The highest BCUT2D eigenvalue weighted by molar-refractivity contribution is 7.53. The molecule has 0 aliphatic heterocycles. The van der Waals surface area contributed by atoms with Gasteiger partial charge in [0.1, 0.15) is 5.75 Å². The number of unbranched alkanes of at least 4 members (excludes halogenated alkanes) is 1. The summed E-state index contributed by atoms with van der Waals surface area (Å²) >= 11 is 0. The van der Waals surface area contributed by atoms with E-state index in [1.54, 1.807) is 6.07 Å². The fourth-order valence-corrected chi connectivity index (χ4v) is 3.17. The number of aryl methyl sites for hydroxylation is 1. The predicted molar refractivity (Wildman–Crippen MR) is 75.4 cm³/mol. The first-order chi connectivity index (χ1) is 8.50. The topological polar surface area (TPSA) is 46.5 Å². The van der Waals surface area contributed by atoms with Crippen LogP contribution in [0.15, 0.2) is 18.2 Å². The molecule has 102 valence electrons. The zero-order valence-electron chi connectivity index (χ0n) is 11.5. The van der Waals surface area contributed by atoms with Gasteiger partial charge in [0.15, 0.2) is 0 Å². The van der Waals surface area contributed by atoms with Crippen LogP contribution in [0.3, 0.4) is 0 Å². The second kappa shape index (κ2) is 6.96. The van der Waals surface area contributed by atoms with E-state index in [4.69, 9.17) is 4.52 Å². The Hall–Kier alpha value is -0.790. The van der Waals surface area contributed by atoms with Crippen LogP contribution in [0.25, 0.3) is 0 Å². The lowest BCUT2D eigenvalue weighted by molar-refractivity contribution is 0.376. The minimum absolute atomic E-state index is 0.225. The molecule has 1 atom stereocenters. The Morgan fingerprint density at radius 1 is 1.28 bits per heavy atom. The zero-order valence-corrected chi connectivity index (χ0v) is 12.4. The van der Waals surface area contributed by atoms with Crippen LogP contribution in [0.2, 0.25) is 0 Å². The Morgan fingerprint density at radius 2 is 2.00 bits per heavy atom. The molecular weight excluding hydrogens is 247 g/mol. The van der Waals surface area contributed by atoms with Crippen molar-refractivity contribution >= 4 is 7.60 Å². The molecule has 0 fully saturated rings. The minimum Gasteiger partial charge on any atom is -0.424 e. The molecule has 0 saturated carbocycles. The van der Waals surface area contributed by atoms with E-state index >= 15 is 0 Å². The van der Waals surface area contributed by atoms with Crippen molar-refractivity contribution in [1.82, 2.24) is 0 Å². The third kappa shape index (κ3) is 4.47. The summed E-state index contributed by atoms with van der Waals surface area (Å²) in [7, 11) is -3.50. The highest BCUT2D eigenvalue weighted by atomic mass is 31.2. The summed E-state index contributed by atoms with van der Waals surface area (Å²) < 4.78 is 17.3. The molecule has 0 aliphatic carbocycles. The first kappa shape index (κ1) is 15.3. The van der Waals surface area contributed by atoms with Crippen LogP contribution in [-0.4, -0.2) is 11.1 Å². The molecule has 0 heterocycles. The zero-order chi connectivity index (χ0) is 13.6. The van der Waals surface area contributed by atoms with Gasteiger partial charge in [-0.1, -0.05) is 38.8 Å². The molecule has 0 saturated heterocycles. The van der Waals surface area contributed by atoms with E-state index in [9.17, 15) is 9.46 Å². The van der Waals surface area contributed by atoms with Gasteiger partial charge in [0.2, 0.25) is 0 Å². The smallest absolute Gasteiger partial charge is 0.376 e. The normalized spacial score (nSPS) is 14.2. The molecule has 4 heteroatoms. The lowest BCUT2D eigenvalue weighted by atomic mass is 10.0. The van der Waals surface area contributed by atoms with Gasteiger partial charge in [-0.3, -0.25) is 0 Å². The van der Waals surface area contributed by atoms with Crippen molar-refractivity contribution in [2.75, 3.05) is 6.16 Å². The van der Waals surface area contributed by atoms with E-state index in [1.165, 1.54) is 0 Å². The van der Waals surface area contributed by atoms with E-state index < -0.39 is 7.60 Å². The van der Waals surface area contributed by atoms with E-state index in [2.05, 4.69) is 6.92 Å². The van der Waals surface area contributed by atoms with Gasteiger partial charge in [0, 0.05) is 0 Å². The lowest BCUT2D eigenvalue weighted by Gasteiger charge is -2.17. The quantitative estimate of drug-likeness (QED) is 0.751. The molecule has 0 aromatic heterocycles. The summed E-state index contributed by atoms with van der Waals surface area (Å²) in [5.41, 5.74) is 2.16. The van der Waals surface area contributed by atoms with Crippen LogP contribution in [0.1, 0.15) is 44.2 Å². The first-order valence-electron chi connectivity index (χ1n) is 6.60. The standard InChI is InChI=1S/C14H23O3P/c1-4-6-11-18(15,16)17-14-10-7-9-12(3)13(14)8-5-2/h7,9-10H,4-6,8,11H2,1-3H3,(H,15,16). The van der Waals surface area contributed by atoms with E-state index in [0.717, 1.165) is 30.4 Å². The third-order valence-electron chi connectivity index (χ3n) is 2.90. The summed E-state index contributed by atoms with van der Waals surface area (Å²) in [5, 5.41) is 0. The predicted octanol–water partition coefficient (Wildman–Crippen LogP) is 4.31. The molecular formula is C14H23O3P. The molecule has 1 unspecified atom stereocenters. The molecule has 0 radical (unpaired) electrons. The van der Waals surface area contributed by atoms with Gasteiger partial charge in [0.25, 0.3) is 0 Å². The van der Waals surface area contributed by atoms with E-state index in [1.807, 2.05) is 26.0 Å². The van der Waals surface area contributed by atoms with Crippen LogP contribution in [0.4, 0.5) is 0 Å². The first-order valence-corrected chi connectivity index (χ1v) is 8.36. The maximum Gasteiger partial charge on any atom is 0.376 e. The van der Waals surface area contributed by atoms with Crippen molar-refractivity contribution < 1.29 is 14.0 Å². The summed E-state index contributed by atoms with van der Waals surface area (Å²) in [5.74, 6) is 0.568. The van der Waals surface area contributed by atoms with Gasteiger partial charge in [-0.25, -0.2) is 4.57 Å². The highest BCUT2D eigenvalue weighted by Gasteiger charge is 2.21. The molecule has 0 aliphatic rings. The maximum atomic E-state index is 11.9. The van der Waals surface area contributed by atoms with Crippen LogP contribution in [0.5, 0.6) is 5.75 Å². The van der Waals surface area contributed by atoms with Crippen molar-refractivity contribution in [3.8, 4) is 5.75 Å². The second-order valence-electron chi connectivity index (χ2n) is 4.61. The van der Waals surface area contributed by atoms with E-state index in [-0.39, 0.29) is 6.16 Å². The molecule has 0 bridgehead atoms. The molecule has 3 nitrogen and oxygen atoms in total. The second-order valence-corrected chi connectivity index (χ2v) is 6.51. The highest BCUT2D eigenvalue weighted by Crippen LogP contribution is 2.45. The number of benzene rings is 1. The average Bonchev–Trinajstić information content (AvgIpc) is 2.31. The van der Waals surface area contributed by atoms with Crippen molar-refractivity contribution in [2.24, 2.45) is 0 Å². The average molecular weight is 270 g/mol. The van der Waals surface area contributed by atoms with Gasteiger partial charge < -0.3 is 9.42 Å². The van der Waals surface area contributed by atoms with Crippen molar-refractivity contribution in [3.63, 3.8) is 0 Å². The van der Waals surface area contributed by atoms with Crippen LogP contribution in [-0.2, 0) is 11.0 Å². The molecule has 1 rings (SSSR count). The van der Waals surface area contributed by atoms with Crippen LogP contribution < -0.4 is 4.52 Å². The van der Waals surface area contributed by atoms with Crippen molar-refractivity contribution in [3.05, 3.63) is 29.3 Å². The minimum atomic E-state index is -3.50.